The molecule has 1 aliphatic rings. The van der Waals surface area contributed by atoms with Gasteiger partial charge in [0.1, 0.15) is 11.9 Å². The van der Waals surface area contributed by atoms with Gasteiger partial charge < -0.3 is 4.74 Å². The minimum absolute atomic E-state index is 0.0951. The molecule has 4 rings (SSSR count). The molecule has 1 aromatic heterocycles. The Morgan fingerprint density at radius 1 is 1.00 bits per heavy atom. The van der Waals surface area contributed by atoms with Crippen molar-refractivity contribution in [1.82, 2.24) is 9.55 Å². The van der Waals surface area contributed by atoms with Crippen molar-refractivity contribution >= 4 is 11.0 Å². The molecule has 3 heteroatoms. The molecule has 0 spiro atoms. The first-order valence-corrected chi connectivity index (χ1v) is 8.40. The maximum atomic E-state index is 6.03. The molecule has 0 radical (unpaired) electrons. The average Bonchev–Trinajstić information content (AvgIpc) is 2.95. The first-order chi connectivity index (χ1) is 11.2. The minimum Gasteiger partial charge on any atom is -0.370 e. The summed E-state index contributed by atoms with van der Waals surface area (Å²) in [4.78, 5) is 4.91. The maximum Gasteiger partial charge on any atom is 0.143 e. The maximum absolute atomic E-state index is 6.03. The van der Waals surface area contributed by atoms with E-state index < -0.39 is 0 Å². The Bertz CT molecular complexity index is 827. The topological polar surface area (TPSA) is 27.1 Å². The fourth-order valence-corrected chi connectivity index (χ4v) is 3.33. The van der Waals surface area contributed by atoms with Crippen LogP contribution in [0.5, 0.6) is 0 Å². The van der Waals surface area contributed by atoms with Crippen molar-refractivity contribution in [3.05, 3.63) is 59.4 Å². The highest BCUT2D eigenvalue weighted by Crippen LogP contribution is 2.32. The van der Waals surface area contributed by atoms with Gasteiger partial charge in [0.15, 0.2) is 0 Å². The number of hydrogen-bond acceptors (Lipinski definition) is 2. The summed E-state index contributed by atoms with van der Waals surface area (Å²) in [6, 6.07) is 15.1. The van der Waals surface area contributed by atoms with Crippen LogP contribution in [-0.4, -0.2) is 16.2 Å². The predicted octanol–water partition coefficient (Wildman–Crippen LogP) is 4.88. The quantitative estimate of drug-likeness (QED) is 0.674. The van der Waals surface area contributed by atoms with E-state index in [0.717, 1.165) is 42.0 Å². The first kappa shape index (κ1) is 14.5. The van der Waals surface area contributed by atoms with E-state index in [9.17, 15) is 0 Å². The summed E-state index contributed by atoms with van der Waals surface area (Å²) in [5.41, 5.74) is 5.89. The molecule has 2 heterocycles. The van der Waals surface area contributed by atoms with E-state index in [4.69, 9.17) is 9.72 Å². The number of fused-ring (bicyclic) bond motifs is 1. The van der Waals surface area contributed by atoms with E-state index in [1.54, 1.807) is 0 Å². The van der Waals surface area contributed by atoms with Crippen LogP contribution in [0, 0.1) is 13.8 Å². The normalized spacial score (nSPS) is 18.4. The van der Waals surface area contributed by atoms with Gasteiger partial charge in [-0.15, -0.1) is 0 Å². The van der Waals surface area contributed by atoms with Gasteiger partial charge in [-0.2, -0.15) is 0 Å². The zero-order valence-corrected chi connectivity index (χ0v) is 13.7. The third-order valence-corrected chi connectivity index (χ3v) is 4.60. The molecule has 0 N–H and O–H groups in total. The van der Waals surface area contributed by atoms with E-state index >= 15 is 0 Å². The van der Waals surface area contributed by atoms with Gasteiger partial charge in [0.2, 0.25) is 0 Å². The Balaban J connectivity index is 1.93. The van der Waals surface area contributed by atoms with Gasteiger partial charge in [-0.3, -0.25) is 4.57 Å². The van der Waals surface area contributed by atoms with Crippen molar-refractivity contribution in [2.75, 3.05) is 6.61 Å². The smallest absolute Gasteiger partial charge is 0.143 e. The largest absolute Gasteiger partial charge is 0.370 e. The van der Waals surface area contributed by atoms with Gasteiger partial charge in [-0.25, -0.2) is 4.98 Å². The molecule has 1 aliphatic heterocycles. The molecule has 23 heavy (non-hydrogen) atoms. The average molecular weight is 306 g/mol. The number of aryl methyl sites for hydroxylation is 2. The monoisotopic (exact) mass is 306 g/mol. The number of imidazole rings is 1. The van der Waals surface area contributed by atoms with Gasteiger partial charge in [-0.05, 0) is 62.9 Å². The highest BCUT2D eigenvalue weighted by Gasteiger charge is 2.24. The van der Waals surface area contributed by atoms with Crippen molar-refractivity contribution < 1.29 is 4.74 Å². The number of rotatable bonds is 2. The third kappa shape index (κ3) is 2.66. The Morgan fingerprint density at radius 2 is 1.78 bits per heavy atom. The molecule has 1 fully saturated rings. The SMILES string of the molecule is Cc1ccc(-n2c(C3CCCCO3)nc3ccc(C)cc32)cc1. The van der Waals surface area contributed by atoms with Crippen molar-refractivity contribution in [3.63, 3.8) is 0 Å². The van der Waals surface area contributed by atoms with Gasteiger partial charge in [0, 0.05) is 12.3 Å². The molecule has 0 bridgehead atoms. The summed E-state index contributed by atoms with van der Waals surface area (Å²) in [5.74, 6) is 1.04. The molecular formula is C20H22N2O. The van der Waals surface area contributed by atoms with Crippen LogP contribution in [0.4, 0.5) is 0 Å². The van der Waals surface area contributed by atoms with Crippen LogP contribution in [0.2, 0.25) is 0 Å². The first-order valence-electron chi connectivity index (χ1n) is 8.40. The molecule has 3 nitrogen and oxygen atoms in total. The molecule has 0 saturated carbocycles. The van der Waals surface area contributed by atoms with Gasteiger partial charge in [-0.1, -0.05) is 23.8 Å². The Morgan fingerprint density at radius 3 is 2.52 bits per heavy atom. The Hall–Kier alpha value is -2.13. The van der Waals surface area contributed by atoms with Crippen molar-refractivity contribution in [2.45, 2.75) is 39.2 Å². The number of nitrogens with zero attached hydrogens (tertiary/aromatic N) is 2. The number of benzene rings is 2. The number of aromatic nitrogens is 2. The summed E-state index contributed by atoms with van der Waals surface area (Å²) in [6.07, 6.45) is 3.51. The van der Waals surface area contributed by atoms with Gasteiger partial charge >= 0.3 is 0 Å². The van der Waals surface area contributed by atoms with Crippen LogP contribution in [0.3, 0.4) is 0 Å². The zero-order valence-electron chi connectivity index (χ0n) is 13.7. The van der Waals surface area contributed by atoms with Crippen LogP contribution >= 0.6 is 0 Å². The van der Waals surface area contributed by atoms with E-state index in [2.05, 4.69) is 60.9 Å². The van der Waals surface area contributed by atoms with Crippen molar-refractivity contribution in [1.29, 1.82) is 0 Å². The van der Waals surface area contributed by atoms with Crippen LogP contribution < -0.4 is 0 Å². The lowest BCUT2D eigenvalue weighted by molar-refractivity contribution is 0.00888. The van der Waals surface area contributed by atoms with Crippen molar-refractivity contribution in [3.8, 4) is 5.69 Å². The molecule has 0 amide bonds. The summed E-state index contributed by atoms with van der Waals surface area (Å²) in [6.45, 7) is 5.08. The van der Waals surface area contributed by atoms with Gasteiger partial charge in [0.25, 0.3) is 0 Å². The van der Waals surface area contributed by atoms with E-state index in [1.807, 2.05) is 0 Å². The molecule has 118 valence electrons. The molecule has 3 aromatic rings. The van der Waals surface area contributed by atoms with Gasteiger partial charge in [0.05, 0.1) is 11.0 Å². The number of ether oxygens (including phenoxy) is 1. The molecule has 1 atom stereocenters. The highest BCUT2D eigenvalue weighted by molar-refractivity contribution is 5.79. The third-order valence-electron chi connectivity index (χ3n) is 4.60. The fraction of sp³-hybridized carbons (Fsp3) is 0.350. The van der Waals surface area contributed by atoms with E-state index in [0.29, 0.717) is 0 Å². The summed E-state index contributed by atoms with van der Waals surface area (Å²) >= 11 is 0. The van der Waals surface area contributed by atoms with Crippen LogP contribution in [-0.2, 0) is 4.74 Å². The summed E-state index contributed by atoms with van der Waals surface area (Å²) in [7, 11) is 0. The minimum atomic E-state index is 0.0951. The molecular weight excluding hydrogens is 284 g/mol. The van der Waals surface area contributed by atoms with Crippen LogP contribution in [0.1, 0.15) is 42.3 Å². The summed E-state index contributed by atoms with van der Waals surface area (Å²) < 4.78 is 8.30. The Labute approximate surface area is 136 Å². The molecule has 1 saturated heterocycles. The lowest BCUT2D eigenvalue weighted by atomic mass is 10.1. The second-order valence-electron chi connectivity index (χ2n) is 6.49. The lowest BCUT2D eigenvalue weighted by Gasteiger charge is -2.23. The highest BCUT2D eigenvalue weighted by atomic mass is 16.5. The van der Waals surface area contributed by atoms with E-state index in [-0.39, 0.29) is 6.10 Å². The molecule has 2 aromatic carbocycles. The zero-order chi connectivity index (χ0) is 15.8. The van der Waals surface area contributed by atoms with E-state index in [1.165, 1.54) is 17.5 Å². The van der Waals surface area contributed by atoms with Crippen LogP contribution in [0.15, 0.2) is 42.5 Å². The number of hydrogen-bond donors (Lipinski definition) is 0. The molecule has 1 unspecified atom stereocenters. The summed E-state index contributed by atoms with van der Waals surface area (Å²) in [5, 5.41) is 0. The second kappa shape index (κ2) is 5.82. The predicted molar refractivity (Wildman–Crippen MR) is 93.1 cm³/mol. The fourth-order valence-electron chi connectivity index (χ4n) is 3.33. The standard InChI is InChI=1S/C20H22N2O/c1-14-6-9-16(10-7-14)22-18-13-15(2)8-11-17(18)21-20(22)19-5-3-4-12-23-19/h6-11,13,19H,3-5,12H2,1-2H3. The Kier molecular flexibility index (Phi) is 3.66. The van der Waals surface area contributed by atoms with Crippen LogP contribution in [0.25, 0.3) is 16.7 Å². The lowest BCUT2D eigenvalue weighted by Crippen LogP contribution is -2.16. The molecule has 0 aliphatic carbocycles. The van der Waals surface area contributed by atoms with Crippen molar-refractivity contribution in [2.24, 2.45) is 0 Å². The second-order valence-corrected chi connectivity index (χ2v) is 6.49.